The molecule has 3 aromatic rings. The number of hydrogen-bond acceptors (Lipinski definition) is 8. The molecule has 0 radical (unpaired) electrons. The number of nitrogens with one attached hydrogen (secondary N) is 1. The fourth-order valence-electron chi connectivity index (χ4n) is 2.23. The van der Waals surface area contributed by atoms with Gasteiger partial charge in [-0.25, -0.2) is 8.42 Å². The molecule has 0 saturated carbocycles. The molecule has 0 saturated heterocycles. The molecule has 0 fully saturated rings. The van der Waals surface area contributed by atoms with E-state index in [4.69, 9.17) is 4.52 Å². The van der Waals surface area contributed by atoms with Crippen LogP contribution in [0.5, 0.6) is 0 Å². The average molecular weight is 398 g/mol. The Balaban J connectivity index is 1.74. The van der Waals surface area contributed by atoms with Crippen LogP contribution in [0.2, 0.25) is 0 Å². The van der Waals surface area contributed by atoms with Crippen molar-refractivity contribution in [3.8, 4) is 0 Å². The third-order valence-electron chi connectivity index (χ3n) is 3.38. The van der Waals surface area contributed by atoms with Gasteiger partial charge in [-0.1, -0.05) is 17.3 Å². The van der Waals surface area contributed by atoms with Gasteiger partial charge in [0.05, 0.1) is 6.42 Å². The molecule has 3 aromatic heterocycles. The van der Waals surface area contributed by atoms with Gasteiger partial charge in [0.2, 0.25) is 11.8 Å². The van der Waals surface area contributed by atoms with Crippen molar-refractivity contribution in [2.24, 2.45) is 0 Å². The van der Waals surface area contributed by atoms with E-state index in [0.717, 1.165) is 0 Å². The van der Waals surface area contributed by atoms with E-state index in [0.29, 0.717) is 10.8 Å². The minimum Gasteiger partial charge on any atom is -0.354 e. The number of sulfone groups is 1. The van der Waals surface area contributed by atoms with Crippen molar-refractivity contribution in [2.75, 3.05) is 6.54 Å². The van der Waals surface area contributed by atoms with Gasteiger partial charge in [0.1, 0.15) is 9.46 Å². The number of carbonyl (C=O) groups is 1. The number of aromatic nitrogens is 2. The van der Waals surface area contributed by atoms with Crippen molar-refractivity contribution in [3.63, 3.8) is 0 Å². The number of hydrogen-bond donors (Lipinski definition) is 1. The number of rotatable bonds is 7. The summed E-state index contributed by atoms with van der Waals surface area (Å²) in [6.45, 7) is 1.62. The third kappa shape index (κ3) is 4.14. The van der Waals surface area contributed by atoms with Crippen molar-refractivity contribution in [1.29, 1.82) is 0 Å². The summed E-state index contributed by atoms with van der Waals surface area (Å²) in [5.74, 6) is 0.284. The minimum absolute atomic E-state index is 0.0174. The van der Waals surface area contributed by atoms with E-state index in [-0.39, 0.29) is 28.9 Å². The largest absolute Gasteiger partial charge is 0.354 e. The van der Waals surface area contributed by atoms with Gasteiger partial charge in [-0.2, -0.15) is 4.98 Å². The number of carbonyl (C=O) groups excluding carboxylic acids is 1. The maximum absolute atomic E-state index is 12.9. The van der Waals surface area contributed by atoms with Crippen LogP contribution in [-0.2, 0) is 21.1 Å². The van der Waals surface area contributed by atoms with Crippen LogP contribution in [-0.4, -0.2) is 31.0 Å². The van der Waals surface area contributed by atoms with Crippen LogP contribution >= 0.6 is 22.7 Å². The molecule has 1 amide bonds. The van der Waals surface area contributed by atoms with Crippen LogP contribution in [0.1, 0.15) is 21.8 Å². The predicted molar refractivity (Wildman–Crippen MR) is 94.3 cm³/mol. The summed E-state index contributed by atoms with van der Waals surface area (Å²) < 4.78 is 30.9. The van der Waals surface area contributed by atoms with Crippen LogP contribution in [0.4, 0.5) is 0 Å². The standard InChI is InChI=1S/C15H15N3O4S3/c1-10-17-13(18-22-10)8-14(19)16-9-12(11-4-2-6-23-11)25(20,21)15-5-3-7-24-15/h2-7,12H,8-9H2,1H3,(H,16,19). The third-order valence-corrected chi connectivity index (χ3v) is 8.03. The Morgan fingerprint density at radius 3 is 2.64 bits per heavy atom. The Morgan fingerprint density at radius 2 is 2.04 bits per heavy atom. The van der Waals surface area contributed by atoms with E-state index < -0.39 is 15.1 Å². The SMILES string of the molecule is Cc1nc(CC(=O)NCC(c2cccs2)S(=O)(=O)c2cccs2)no1. The second-order valence-electron chi connectivity index (χ2n) is 5.19. The lowest BCUT2D eigenvalue weighted by atomic mass is 10.3. The van der Waals surface area contributed by atoms with Crippen molar-refractivity contribution < 1.29 is 17.7 Å². The molecule has 132 valence electrons. The number of thiophene rings is 2. The molecule has 25 heavy (non-hydrogen) atoms. The van der Waals surface area contributed by atoms with Gasteiger partial charge in [-0.15, -0.1) is 22.7 Å². The number of nitrogens with zero attached hydrogens (tertiary/aromatic N) is 2. The Labute approximate surface area is 152 Å². The van der Waals surface area contributed by atoms with Crippen LogP contribution in [0, 0.1) is 6.92 Å². The highest BCUT2D eigenvalue weighted by Gasteiger charge is 2.31. The summed E-state index contributed by atoms with van der Waals surface area (Å²) in [5, 5.41) is 9.03. The Kier molecular flexibility index (Phi) is 5.30. The molecular weight excluding hydrogens is 382 g/mol. The van der Waals surface area contributed by atoms with E-state index in [1.54, 1.807) is 36.6 Å². The van der Waals surface area contributed by atoms with Gasteiger partial charge in [0, 0.05) is 18.3 Å². The fourth-order valence-corrected chi connectivity index (χ4v) is 6.22. The Morgan fingerprint density at radius 1 is 1.28 bits per heavy atom. The summed E-state index contributed by atoms with van der Waals surface area (Å²) in [4.78, 5) is 16.7. The molecule has 1 unspecified atom stereocenters. The zero-order valence-electron chi connectivity index (χ0n) is 13.2. The number of aryl methyl sites for hydroxylation is 1. The quantitative estimate of drug-likeness (QED) is 0.657. The van der Waals surface area contributed by atoms with Gasteiger partial charge >= 0.3 is 0 Å². The first-order valence-corrected chi connectivity index (χ1v) is 10.6. The highest BCUT2D eigenvalue weighted by Crippen LogP contribution is 2.33. The Hall–Kier alpha value is -2.04. The van der Waals surface area contributed by atoms with Crippen LogP contribution in [0.25, 0.3) is 0 Å². The van der Waals surface area contributed by atoms with Gasteiger partial charge in [-0.05, 0) is 22.9 Å². The first kappa shape index (κ1) is 17.8. The van der Waals surface area contributed by atoms with E-state index >= 15 is 0 Å². The highest BCUT2D eigenvalue weighted by atomic mass is 32.2. The van der Waals surface area contributed by atoms with Crippen molar-refractivity contribution in [1.82, 2.24) is 15.5 Å². The summed E-state index contributed by atoms with van der Waals surface area (Å²) in [6, 6.07) is 6.82. The summed E-state index contributed by atoms with van der Waals surface area (Å²) in [6.07, 6.45) is -0.0620. The zero-order chi connectivity index (χ0) is 17.9. The maximum atomic E-state index is 12.9. The molecule has 0 aliphatic carbocycles. The molecule has 10 heteroatoms. The van der Waals surface area contributed by atoms with Crippen LogP contribution < -0.4 is 5.32 Å². The highest BCUT2D eigenvalue weighted by molar-refractivity contribution is 7.93. The minimum atomic E-state index is -3.58. The smallest absolute Gasteiger partial charge is 0.227 e. The van der Waals surface area contributed by atoms with Crippen molar-refractivity contribution in [3.05, 3.63) is 51.6 Å². The molecular formula is C15H15N3O4S3. The van der Waals surface area contributed by atoms with Crippen LogP contribution in [0.3, 0.4) is 0 Å². The van der Waals surface area contributed by atoms with E-state index in [9.17, 15) is 13.2 Å². The lowest BCUT2D eigenvalue weighted by Crippen LogP contribution is -2.32. The Bertz CT molecular complexity index is 931. The zero-order valence-corrected chi connectivity index (χ0v) is 15.7. The first-order valence-electron chi connectivity index (χ1n) is 7.33. The van der Waals surface area contributed by atoms with Gasteiger partial charge < -0.3 is 9.84 Å². The summed E-state index contributed by atoms with van der Waals surface area (Å²) in [5.41, 5.74) is 0. The normalized spacial score (nSPS) is 12.8. The van der Waals surface area contributed by atoms with Crippen molar-refractivity contribution >= 4 is 38.4 Å². The predicted octanol–water partition coefficient (Wildman–Crippen LogP) is 2.37. The van der Waals surface area contributed by atoms with E-state index in [1.807, 2.05) is 5.38 Å². The molecule has 3 heterocycles. The fraction of sp³-hybridized carbons (Fsp3) is 0.267. The molecule has 1 atom stereocenters. The molecule has 0 bridgehead atoms. The monoisotopic (exact) mass is 397 g/mol. The first-order chi connectivity index (χ1) is 12.0. The molecule has 3 rings (SSSR count). The van der Waals surface area contributed by atoms with Crippen LogP contribution in [0.15, 0.2) is 43.8 Å². The second kappa shape index (κ2) is 7.46. The topological polar surface area (TPSA) is 102 Å². The lowest BCUT2D eigenvalue weighted by molar-refractivity contribution is -0.120. The average Bonchev–Trinajstić information content (AvgIpc) is 3.29. The maximum Gasteiger partial charge on any atom is 0.227 e. The molecule has 0 aliphatic rings. The summed E-state index contributed by atoms with van der Waals surface area (Å²) >= 11 is 2.52. The molecule has 7 nitrogen and oxygen atoms in total. The molecule has 0 aliphatic heterocycles. The molecule has 0 spiro atoms. The van der Waals surface area contributed by atoms with Gasteiger partial charge in [-0.3, -0.25) is 4.79 Å². The van der Waals surface area contributed by atoms with E-state index in [1.165, 1.54) is 22.7 Å². The number of amides is 1. The van der Waals surface area contributed by atoms with E-state index in [2.05, 4.69) is 15.5 Å². The van der Waals surface area contributed by atoms with Gasteiger partial charge in [0.15, 0.2) is 15.7 Å². The molecule has 1 N–H and O–H groups in total. The summed E-state index contributed by atoms with van der Waals surface area (Å²) in [7, 11) is -3.58. The lowest BCUT2D eigenvalue weighted by Gasteiger charge is -2.16. The van der Waals surface area contributed by atoms with Crippen molar-refractivity contribution in [2.45, 2.75) is 22.8 Å². The second-order valence-corrected chi connectivity index (χ2v) is 9.48. The molecule has 0 aromatic carbocycles. The van der Waals surface area contributed by atoms with Gasteiger partial charge in [0.25, 0.3) is 0 Å².